The highest BCUT2D eigenvalue weighted by atomic mass is 32.1. The second-order valence-electron chi connectivity index (χ2n) is 6.35. The van der Waals surface area contributed by atoms with Crippen LogP contribution in [-0.2, 0) is 16.0 Å². The Morgan fingerprint density at radius 3 is 2.93 bits per heavy atom. The summed E-state index contributed by atoms with van der Waals surface area (Å²) < 4.78 is 10.7. The first-order chi connectivity index (χ1) is 12.9. The lowest BCUT2D eigenvalue weighted by Gasteiger charge is -2.12. The molecular weight excluding hydrogens is 366 g/mol. The van der Waals surface area contributed by atoms with E-state index in [0.717, 1.165) is 15.8 Å². The number of aromatic nitrogens is 3. The third kappa shape index (κ3) is 3.12. The molecule has 0 aliphatic rings. The van der Waals surface area contributed by atoms with Gasteiger partial charge < -0.3 is 14.2 Å². The molecule has 1 atom stereocenters. The van der Waals surface area contributed by atoms with E-state index in [4.69, 9.17) is 9.26 Å². The van der Waals surface area contributed by atoms with Crippen LogP contribution in [-0.4, -0.2) is 21.1 Å². The average Bonchev–Trinajstić information content (AvgIpc) is 3.16. The van der Waals surface area contributed by atoms with Crippen molar-refractivity contribution in [3.05, 3.63) is 56.6 Å². The van der Waals surface area contributed by atoms with Gasteiger partial charge in [0, 0.05) is 10.3 Å². The number of benzene rings is 1. The van der Waals surface area contributed by atoms with Crippen molar-refractivity contribution >= 4 is 38.5 Å². The summed E-state index contributed by atoms with van der Waals surface area (Å²) in [5.74, 6) is -0.144. The summed E-state index contributed by atoms with van der Waals surface area (Å²) in [7, 11) is 0. The molecule has 138 valence electrons. The van der Waals surface area contributed by atoms with Crippen molar-refractivity contribution in [1.29, 1.82) is 0 Å². The molecule has 3 aromatic heterocycles. The van der Waals surface area contributed by atoms with Crippen molar-refractivity contribution in [1.82, 2.24) is 15.1 Å². The molecule has 4 aromatic rings. The van der Waals surface area contributed by atoms with Gasteiger partial charge in [-0.1, -0.05) is 17.3 Å². The van der Waals surface area contributed by atoms with Crippen LogP contribution in [0, 0.1) is 13.8 Å². The van der Waals surface area contributed by atoms with Crippen molar-refractivity contribution < 1.29 is 14.1 Å². The molecule has 0 unspecified atom stereocenters. The second kappa shape index (κ2) is 6.62. The number of rotatable bonds is 4. The van der Waals surface area contributed by atoms with Crippen LogP contribution in [0.2, 0.25) is 0 Å². The van der Waals surface area contributed by atoms with Gasteiger partial charge >= 0.3 is 5.97 Å². The van der Waals surface area contributed by atoms with Gasteiger partial charge in [0.1, 0.15) is 10.5 Å². The van der Waals surface area contributed by atoms with E-state index in [9.17, 15) is 9.59 Å². The number of carbonyl (C=O) groups excluding carboxylic acids is 1. The Morgan fingerprint density at radius 1 is 1.33 bits per heavy atom. The normalized spacial score (nSPS) is 12.6. The van der Waals surface area contributed by atoms with E-state index in [-0.39, 0.29) is 12.0 Å². The lowest BCUT2D eigenvalue weighted by molar-refractivity contribution is -0.148. The standard InChI is InChI=1S/C19H17N3O4S/c1-9-11(3)27-19-16(9)18(24)20-17(21-19)10(2)25-15(23)8-13-12-6-4-5-7-14(12)26-22-13/h4-7,10H,8H2,1-3H3,(H,20,21,24)/t10-/m1/s1. The van der Waals surface area contributed by atoms with Crippen molar-refractivity contribution in [2.24, 2.45) is 0 Å². The maximum absolute atomic E-state index is 12.4. The largest absolute Gasteiger partial charge is 0.454 e. The van der Waals surface area contributed by atoms with E-state index in [1.165, 1.54) is 11.3 Å². The van der Waals surface area contributed by atoms with Gasteiger partial charge in [-0.2, -0.15) is 0 Å². The van der Waals surface area contributed by atoms with Crippen LogP contribution in [0.5, 0.6) is 0 Å². The van der Waals surface area contributed by atoms with Crippen LogP contribution in [0.1, 0.15) is 35.0 Å². The number of hydrogen-bond acceptors (Lipinski definition) is 7. The van der Waals surface area contributed by atoms with Gasteiger partial charge in [-0.05, 0) is 38.5 Å². The van der Waals surface area contributed by atoms with Gasteiger partial charge in [0.2, 0.25) is 0 Å². The average molecular weight is 383 g/mol. The van der Waals surface area contributed by atoms with Crippen molar-refractivity contribution in [2.75, 3.05) is 0 Å². The number of esters is 1. The summed E-state index contributed by atoms with van der Waals surface area (Å²) in [6.45, 7) is 5.53. The highest BCUT2D eigenvalue weighted by Gasteiger charge is 2.20. The first kappa shape index (κ1) is 17.4. The molecule has 0 bridgehead atoms. The number of aryl methyl sites for hydroxylation is 2. The van der Waals surface area contributed by atoms with Crippen LogP contribution in [0.25, 0.3) is 21.2 Å². The summed E-state index contributed by atoms with van der Waals surface area (Å²) in [6, 6.07) is 7.32. The van der Waals surface area contributed by atoms with E-state index in [0.29, 0.717) is 27.3 Å². The number of para-hydroxylation sites is 1. The summed E-state index contributed by atoms with van der Waals surface area (Å²) >= 11 is 1.45. The molecule has 1 N–H and O–H groups in total. The van der Waals surface area contributed by atoms with Crippen molar-refractivity contribution in [3.8, 4) is 0 Å². The van der Waals surface area contributed by atoms with Crippen LogP contribution in [0.4, 0.5) is 0 Å². The van der Waals surface area contributed by atoms with E-state index in [1.807, 2.05) is 32.0 Å². The Hall–Kier alpha value is -3.00. The molecule has 0 amide bonds. The predicted octanol–water partition coefficient (Wildman–Crippen LogP) is 3.59. The Bertz CT molecular complexity index is 1220. The molecule has 1 aromatic carbocycles. The molecule has 8 heteroatoms. The van der Waals surface area contributed by atoms with E-state index in [1.54, 1.807) is 13.0 Å². The SMILES string of the molecule is Cc1sc2nc([C@@H](C)OC(=O)Cc3noc4ccccc34)[nH]c(=O)c2c1C. The molecule has 0 aliphatic carbocycles. The Kier molecular flexibility index (Phi) is 4.27. The summed E-state index contributed by atoms with van der Waals surface area (Å²) in [5.41, 5.74) is 1.84. The number of ether oxygens (including phenoxy) is 1. The summed E-state index contributed by atoms with van der Waals surface area (Å²) in [5, 5.41) is 5.30. The maximum atomic E-state index is 12.4. The molecule has 7 nitrogen and oxygen atoms in total. The van der Waals surface area contributed by atoms with Gasteiger partial charge in [0.25, 0.3) is 5.56 Å². The number of aromatic amines is 1. The van der Waals surface area contributed by atoms with Crippen LogP contribution in [0.15, 0.2) is 33.6 Å². The zero-order valence-corrected chi connectivity index (χ0v) is 15.8. The van der Waals surface area contributed by atoms with Gasteiger partial charge in [-0.3, -0.25) is 9.59 Å². The van der Waals surface area contributed by atoms with Crippen LogP contribution < -0.4 is 5.56 Å². The monoisotopic (exact) mass is 383 g/mol. The Morgan fingerprint density at radius 2 is 2.11 bits per heavy atom. The molecule has 4 rings (SSSR count). The number of nitrogens with one attached hydrogen (secondary N) is 1. The summed E-state index contributed by atoms with van der Waals surface area (Å²) in [4.78, 5) is 33.6. The minimum absolute atomic E-state index is 0.0228. The molecule has 0 saturated carbocycles. The molecular formula is C19H17N3O4S. The molecule has 0 aliphatic heterocycles. The Balaban J connectivity index is 1.55. The molecule has 27 heavy (non-hydrogen) atoms. The Labute approximate surface area is 158 Å². The quantitative estimate of drug-likeness (QED) is 0.541. The maximum Gasteiger partial charge on any atom is 0.312 e. The number of carbonyl (C=O) groups is 1. The van der Waals surface area contributed by atoms with Gasteiger partial charge in [0.15, 0.2) is 17.5 Å². The number of hydrogen-bond donors (Lipinski definition) is 1. The third-order valence-electron chi connectivity index (χ3n) is 4.51. The van der Waals surface area contributed by atoms with Gasteiger partial charge in [-0.15, -0.1) is 11.3 Å². The molecule has 0 saturated heterocycles. The lowest BCUT2D eigenvalue weighted by atomic mass is 10.2. The topological polar surface area (TPSA) is 98.1 Å². The van der Waals surface area contributed by atoms with Gasteiger partial charge in [-0.25, -0.2) is 4.98 Å². The highest BCUT2D eigenvalue weighted by Crippen LogP contribution is 2.27. The summed E-state index contributed by atoms with van der Waals surface area (Å²) in [6.07, 6.45) is -0.708. The lowest BCUT2D eigenvalue weighted by Crippen LogP contribution is -2.18. The zero-order chi connectivity index (χ0) is 19.1. The van der Waals surface area contributed by atoms with E-state index < -0.39 is 12.1 Å². The number of thiophene rings is 1. The number of nitrogens with zero attached hydrogens (tertiary/aromatic N) is 2. The van der Waals surface area contributed by atoms with Gasteiger partial charge in [0.05, 0.1) is 11.8 Å². The first-order valence-electron chi connectivity index (χ1n) is 8.46. The highest BCUT2D eigenvalue weighted by molar-refractivity contribution is 7.18. The smallest absolute Gasteiger partial charge is 0.312 e. The number of fused-ring (bicyclic) bond motifs is 2. The second-order valence-corrected chi connectivity index (χ2v) is 7.55. The third-order valence-corrected chi connectivity index (χ3v) is 5.62. The van der Waals surface area contributed by atoms with Crippen molar-refractivity contribution in [2.45, 2.75) is 33.3 Å². The van der Waals surface area contributed by atoms with E-state index >= 15 is 0 Å². The van der Waals surface area contributed by atoms with Crippen LogP contribution >= 0.6 is 11.3 Å². The predicted molar refractivity (Wildman–Crippen MR) is 102 cm³/mol. The fourth-order valence-electron chi connectivity index (χ4n) is 2.96. The fourth-order valence-corrected chi connectivity index (χ4v) is 4.00. The molecule has 0 fully saturated rings. The van der Waals surface area contributed by atoms with Crippen molar-refractivity contribution in [3.63, 3.8) is 0 Å². The minimum atomic E-state index is -0.685. The minimum Gasteiger partial charge on any atom is -0.454 e. The fraction of sp³-hybridized carbons (Fsp3) is 0.263. The molecule has 0 radical (unpaired) electrons. The van der Waals surface area contributed by atoms with E-state index in [2.05, 4.69) is 15.1 Å². The first-order valence-corrected chi connectivity index (χ1v) is 9.28. The van der Waals surface area contributed by atoms with Crippen LogP contribution in [0.3, 0.4) is 0 Å². The number of H-pyrrole nitrogens is 1. The molecule has 0 spiro atoms. The zero-order valence-electron chi connectivity index (χ0n) is 15.0. The molecule has 3 heterocycles.